The first kappa shape index (κ1) is 13.6. The van der Waals surface area contributed by atoms with E-state index in [4.69, 9.17) is 0 Å². The molecule has 0 aromatic heterocycles. The van der Waals surface area contributed by atoms with Crippen molar-refractivity contribution >= 4 is 0 Å². The predicted molar refractivity (Wildman–Crippen MR) is 78.6 cm³/mol. The molecular formula is C17H27N. The Bertz CT molecular complexity index is 363. The monoisotopic (exact) mass is 245 g/mol. The van der Waals surface area contributed by atoms with Crippen molar-refractivity contribution in [2.45, 2.75) is 46.6 Å². The van der Waals surface area contributed by atoms with Gasteiger partial charge in [-0.3, -0.25) is 4.90 Å². The fraction of sp³-hybridized carbons (Fsp3) is 0.647. The van der Waals surface area contributed by atoms with Crippen LogP contribution in [0.3, 0.4) is 0 Å². The van der Waals surface area contributed by atoms with Crippen LogP contribution in [0.1, 0.15) is 52.1 Å². The van der Waals surface area contributed by atoms with Gasteiger partial charge in [-0.1, -0.05) is 58.0 Å². The van der Waals surface area contributed by atoms with Gasteiger partial charge in [-0.15, -0.1) is 0 Å². The average molecular weight is 245 g/mol. The van der Waals surface area contributed by atoms with Gasteiger partial charge in [0, 0.05) is 19.1 Å². The smallest absolute Gasteiger partial charge is 0.0348 e. The second-order valence-corrected chi connectivity index (χ2v) is 7.10. The molecule has 1 aromatic rings. The van der Waals surface area contributed by atoms with Crippen molar-refractivity contribution in [1.29, 1.82) is 0 Å². The number of benzene rings is 1. The summed E-state index contributed by atoms with van der Waals surface area (Å²) in [5.74, 6) is 0.840. The topological polar surface area (TPSA) is 3.24 Å². The van der Waals surface area contributed by atoms with Crippen LogP contribution in [-0.2, 0) is 0 Å². The third kappa shape index (κ3) is 3.58. The van der Waals surface area contributed by atoms with E-state index in [0.29, 0.717) is 11.5 Å². The number of hydrogen-bond acceptors (Lipinski definition) is 1. The van der Waals surface area contributed by atoms with Crippen LogP contribution in [0.25, 0.3) is 0 Å². The molecule has 1 aliphatic heterocycles. The summed E-state index contributed by atoms with van der Waals surface area (Å²) in [5, 5.41) is 0. The molecule has 0 amide bonds. The first-order valence-electron chi connectivity index (χ1n) is 7.25. The Morgan fingerprint density at radius 2 is 1.78 bits per heavy atom. The van der Waals surface area contributed by atoms with Crippen LogP contribution in [0.15, 0.2) is 30.3 Å². The number of rotatable bonds is 2. The Labute approximate surface area is 112 Å². The fourth-order valence-electron chi connectivity index (χ4n) is 3.08. The highest BCUT2D eigenvalue weighted by atomic mass is 15.2. The third-order valence-corrected chi connectivity index (χ3v) is 3.78. The van der Waals surface area contributed by atoms with Crippen LogP contribution in [0.4, 0.5) is 0 Å². The van der Waals surface area contributed by atoms with E-state index < -0.39 is 0 Å². The van der Waals surface area contributed by atoms with Gasteiger partial charge in [0.15, 0.2) is 0 Å². The van der Waals surface area contributed by atoms with E-state index in [2.05, 4.69) is 62.9 Å². The molecule has 0 bridgehead atoms. The molecule has 2 atom stereocenters. The van der Waals surface area contributed by atoms with Crippen molar-refractivity contribution in [2.75, 3.05) is 13.1 Å². The second kappa shape index (κ2) is 5.44. The maximum absolute atomic E-state index is 2.70. The molecule has 1 fully saturated rings. The van der Waals surface area contributed by atoms with Gasteiger partial charge in [-0.2, -0.15) is 0 Å². The first-order chi connectivity index (χ1) is 8.46. The van der Waals surface area contributed by atoms with Gasteiger partial charge < -0.3 is 0 Å². The molecule has 1 aromatic carbocycles. The highest BCUT2D eigenvalue weighted by molar-refractivity contribution is 5.19. The molecule has 1 heterocycles. The number of nitrogens with zero attached hydrogens (tertiary/aromatic N) is 1. The lowest BCUT2D eigenvalue weighted by Gasteiger charge is -2.42. The van der Waals surface area contributed by atoms with Gasteiger partial charge in [0.05, 0.1) is 0 Å². The lowest BCUT2D eigenvalue weighted by Crippen LogP contribution is -2.41. The molecule has 2 rings (SSSR count). The minimum absolute atomic E-state index is 0.379. The zero-order valence-corrected chi connectivity index (χ0v) is 12.3. The summed E-state index contributed by atoms with van der Waals surface area (Å²) in [4.78, 5) is 2.70. The molecule has 1 nitrogen and oxygen atoms in total. The minimum atomic E-state index is 0.379. The molecule has 100 valence electrons. The van der Waals surface area contributed by atoms with E-state index in [9.17, 15) is 0 Å². The minimum Gasteiger partial charge on any atom is -0.296 e. The summed E-state index contributed by atoms with van der Waals surface area (Å²) in [7, 11) is 0. The zero-order chi connectivity index (χ0) is 13.2. The Morgan fingerprint density at radius 1 is 1.11 bits per heavy atom. The van der Waals surface area contributed by atoms with Crippen molar-refractivity contribution in [3.63, 3.8) is 0 Å². The summed E-state index contributed by atoms with van der Waals surface area (Å²) in [6.45, 7) is 11.8. The average Bonchev–Trinajstić information content (AvgIpc) is 2.28. The molecule has 0 unspecified atom stereocenters. The van der Waals surface area contributed by atoms with Crippen molar-refractivity contribution in [3.05, 3.63) is 35.9 Å². The molecular weight excluding hydrogens is 218 g/mol. The Morgan fingerprint density at radius 3 is 2.39 bits per heavy atom. The molecule has 0 aliphatic carbocycles. The van der Waals surface area contributed by atoms with E-state index in [1.165, 1.54) is 31.5 Å². The molecule has 0 radical (unpaired) electrons. The van der Waals surface area contributed by atoms with Crippen molar-refractivity contribution < 1.29 is 0 Å². The lowest BCUT2D eigenvalue weighted by atomic mass is 9.87. The zero-order valence-electron chi connectivity index (χ0n) is 12.3. The van der Waals surface area contributed by atoms with Crippen LogP contribution in [0.2, 0.25) is 0 Å². The van der Waals surface area contributed by atoms with Gasteiger partial charge in [0.1, 0.15) is 0 Å². The summed E-state index contributed by atoms with van der Waals surface area (Å²) in [6, 6.07) is 11.7. The van der Waals surface area contributed by atoms with Gasteiger partial charge in [-0.05, 0) is 29.7 Å². The summed E-state index contributed by atoms with van der Waals surface area (Å²) in [6.07, 6.45) is 2.67. The van der Waals surface area contributed by atoms with Crippen LogP contribution in [0.5, 0.6) is 0 Å². The van der Waals surface area contributed by atoms with Crippen LogP contribution >= 0.6 is 0 Å². The van der Waals surface area contributed by atoms with E-state index in [0.717, 1.165) is 5.92 Å². The highest BCUT2D eigenvalue weighted by Gasteiger charge is 2.29. The fourth-order valence-corrected chi connectivity index (χ4v) is 3.08. The van der Waals surface area contributed by atoms with Gasteiger partial charge in [0.25, 0.3) is 0 Å². The van der Waals surface area contributed by atoms with Crippen LogP contribution in [-0.4, -0.2) is 18.0 Å². The Kier molecular flexibility index (Phi) is 4.11. The van der Waals surface area contributed by atoms with Crippen molar-refractivity contribution in [2.24, 2.45) is 11.3 Å². The molecule has 1 saturated heterocycles. The largest absolute Gasteiger partial charge is 0.296 e. The van der Waals surface area contributed by atoms with E-state index in [1.54, 1.807) is 0 Å². The van der Waals surface area contributed by atoms with Crippen LogP contribution in [0, 0.1) is 11.3 Å². The van der Waals surface area contributed by atoms with E-state index >= 15 is 0 Å². The van der Waals surface area contributed by atoms with Crippen molar-refractivity contribution in [3.8, 4) is 0 Å². The Balaban J connectivity index is 2.16. The van der Waals surface area contributed by atoms with Crippen LogP contribution < -0.4 is 0 Å². The van der Waals surface area contributed by atoms with E-state index in [-0.39, 0.29) is 0 Å². The molecule has 1 heteroatoms. The summed E-state index contributed by atoms with van der Waals surface area (Å²) in [5.41, 5.74) is 1.87. The number of piperidine rings is 1. The van der Waals surface area contributed by atoms with E-state index in [1.807, 2.05) is 0 Å². The third-order valence-electron chi connectivity index (χ3n) is 3.78. The summed E-state index contributed by atoms with van der Waals surface area (Å²) >= 11 is 0. The first-order valence-corrected chi connectivity index (χ1v) is 7.25. The summed E-state index contributed by atoms with van der Waals surface area (Å²) < 4.78 is 0. The second-order valence-electron chi connectivity index (χ2n) is 7.10. The highest BCUT2D eigenvalue weighted by Crippen LogP contribution is 2.35. The number of hydrogen-bond donors (Lipinski definition) is 0. The quantitative estimate of drug-likeness (QED) is 0.741. The molecule has 1 aliphatic rings. The maximum Gasteiger partial charge on any atom is 0.0348 e. The number of likely N-dealkylation sites (tertiary alicyclic amines) is 1. The van der Waals surface area contributed by atoms with Gasteiger partial charge in [0.2, 0.25) is 0 Å². The molecule has 0 N–H and O–H groups in total. The predicted octanol–water partition coefficient (Wildman–Crippen LogP) is 4.51. The molecule has 18 heavy (non-hydrogen) atoms. The maximum atomic E-state index is 2.70. The SMILES string of the molecule is C[C@H]1CC[C@@H](c2ccccc2)N(CC(C)(C)C)C1. The molecule has 0 saturated carbocycles. The lowest BCUT2D eigenvalue weighted by molar-refractivity contribution is 0.0769. The van der Waals surface area contributed by atoms with Gasteiger partial charge in [-0.25, -0.2) is 0 Å². The van der Waals surface area contributed by atoms with Gasteiger partial charge >= 0.3 is 0 Å². The standard InChI is InChI=1S/C17H27N/c1-14-10-11-16(15-8-6-5-7-9-15)18(12-14)13-17(2,3)4/h5-9,14,16H,10-13H2,1-4H3/t14-,16-/m0/s1. The van der Waals surface area contributed by atoms with Crippen molar-refractivity contribution in [1.82, 2.24) is 4.90 Å². The Hall–Kier alpha value is -0.820. The normalized spacial score (nSPS) is 26.2. The molecule has 0 spiro atoms.